The Bertz CT molecular complexity index is 2000. The molecule has 0 bridgehead atoms. The van der Waals surface area contributed by atoms with E-state index in [1.54, 1.807) is 40.0 Å². The molecule has 2 fully saturated rings. The van der Waals surface area contributed by atoms with Crippen LogP contribution >= 0.6 is 15.9 Å². The van der Waals surface area contributed by atoms with Crippen LogP contribution in [0.15, 0.2) is 77.5 Å². The van der Waals surface area contributed by atoms with Gasteiger partial charge in [0.15, 0.2) is 5.82 Å². The Morgan fingerprint density at radius 2 is 1.54 bits per heavy atom. The number of nitrogen functional groups attached to an aromatic ring is 1. The lowest BCUT2D eigenvalue weighted by atomic mass is 10.0. The van der Waals surface area contributed by atoms with E-state index in [1.165, 1.54) is 5.56 Å². The molecule has 0 aliphatic carbocycles. The van der Waals surface area contributed by atoms with Crippen molar-refractivity contribution in [2.45, 2.75) is 25.4 Å². The van der Waals surface area contributed by atoms with Gasteiger partial charge in [-0.05, 0) is 64.7 Å². The van der Waals surface area contributed by atoms with Gasteiger partial charge in [-0.2, -0.15) is 0 Å². The molecule has 2 amide bonds. The number of carbonyl (C=O) groups excluding carboxylic acids is 2. The van der Waals surface area contributed by atoms with Gasteiger partial charge >= 0.3 is 0 Å². The molecule has 0 radical (unpaired) electrons. The molecule has 48 heavy (non-hydrogen) atoms. The minimum absolute atomic E-state index is 0.0508. The molecule has 7 rings (SSSR count). The number of piperazine rings is 1. The molecule has 2 aliphatic rings. The summed E-state index contributed by atoms with van der Waals surface area (Å²) in [4.78, 5) is 37.5. The maximum absolute atomic E-state index is 14.3. The predicted octanol–water partition coefficient (Wildman–Crippen LogP) is 5.55. The number of fused-ring (bicyclic) bond motifs is 1. The minimum atomic E-state index is -0.884. The highest BCUT2D eigenvalue weighted by Gasteiger charge is 2.28. The fourth-order valence-electron chi connectivity index (χ4n) is 6.53. The van der Waals surface area contributed by atoms with Crippen LogP contribution in [-0.2, 0) is 6.54 Å². The van der Waals surface area contributed by atoms with E-state index >= 15 is 0 Å². The molecule has 2 aliphatic heterocycles. The SMILES string of the molecule is Nc1c(-c2cn(C3CCN(C(=O)c4cccc(C(=O)N5CCN(Cc6cccc7cccnc67)CC5)c4)CC3)nn2)cc(F)c(Br)c1F. The van der Waals surface area contributed by atoms with Crippen molar-refractivity contribution in [1.82, 2.24) is 34.7 Å². The second-order valence-electron chi connectivity index (χ2n) is 12.2. The van der Waals surface area contributed by atoms with Gasteiger partial charge in [0, 0.05) is 74.1 Å². The summed E-state index contributed by atoms with van der Waals surface area (Å²) in [6, 6.07) is 18.3. The van der Waals surface area contributed by atoms with Crippen LogP contribution in [0.1, 0.15) is 45.2 Å². The van der Waals surface area contributed by atoms with E-state index in [0.717, 1.165) is 36.6 Å². The van der Waals surface area contributed by atoms with Crippen LogP contribution in [0.25, 0.3) is 22.2 Å². The van der Waals surface area contributed by atoms with Crippen LogP contribution in [0.4, 0.5) is 14.5 Å². The maximum Gasteiger partial charge on any atom is 0.253 e. The van der Waals surface area contributed by atoms with Gasteiger partial charge in [0.2, 0.25) is 0 Å². The highest BCUT2D eigenvalue weighted by atomic mass is 79.9. The zero-order valence-electron chi connectivity index (χ0n) is 26.0. The highest BCUT2D eigenvalue weighted by molar-refractivity contribution is 9.10. The fraction of sp³-hybridized carbons (Fsp3) is 0.286. The summed E-state index contributed by atoms with van der Waals surface area (Å²) in [6.07, 6.45) is 4.67. The van der Waals surface area contributed by atoms with Crippen LogP contribution < -0.4 is 5.73 Å². The van der Waals surface area contributed by atoms with E-state index in [4.69, 9.17) is 5.73 Å². The smallest absolute Gasteiger partial charge is 0.253 e. The first-order valence-corrected chi connectivity index (χ1v) is 16.6. The molecule has 2 N–H and O–H groups in total. The van der Waals surface area contributed by atoms with Gasteiger partial charge < -0.3 is 15.5 Å². The summed E-state index contributed by atoms with van der Waals surface area (Å²) < 4.78 is 29.8. The van der Waals surface area contributed by atoms with Gasteiger partial charge in [-0.3, -0.25) is 19.5 Å². The first kappa shape index (κ1) is 31.8. The number of pyridine rings is 1. The lowest BCUT2D eigenvalue weighted by Crippen LogP contribution is -2.48. The number of halogens is 3. The number of likely N-dealkylation sites (tertiary alicyclic amines) is 1. The zero-order chi connectivity index (χ0) is 33.4. The topological polar surface area (TPSA) is 113 Å². The number of carbonyl (C=O) groups is 2. The van der Waals surface area contributed by atoms with Crippen molar-refractivity contribution in [2.75, 3.05) is 45.0 Å². The average Bonchev–Trinajstić information content (AvgIpc) is 3.62. The van der Waals surface area contributed by atoms with Gasteiger partial charge in [0.1, 0.15) is 11.5 Å². The van der Waals surface area contributed by atoms with Crippen molar-refractivity contribution in [2.24, 2.45) is 0 Å². The van der Waals surface area contributed by atoms with Gasteiger partial charge in [0.25, 0.3) is 11.8 Å². The summed E-state index contributed by atoms with van der Waals surface area (Å²) in [5.74, 6) is -1.88. The number of nitrogens with two attached hydrogens (primary N) is 1. The van der Waals surface area contributed by atoms with Gasteiger partial charge in [0.05, 0.1) is 27.9 Å². The fourth-order valence-corrected chi connectivity index (χ4v) is 6.86. The molecule has 0 atom stereocenters. The molecule has 3 aromatic carbocycles. The standard InChI is InChI=1S/C35H33BrF2N8O2/c36-30-28(37)19-27(32(39)31(30)38)29-21-46(42-41-29)26-9-12-44(13-10-26)34(47)23-5-2-6-24(18-23)35(48)45-16-14-43(15-17-45)20-25-7-1-4-22-8-3-11-40-33(22)25/h1-8,11,18-19,21,26H,9-10,12-17,20,39H2. The largest absolute Gasteiger partial charge is 0.396 e. The summed E-state index contributed by atoms with van der Waals surface area (Å²) in [5.41, 5.74) is 9.21. The van der Waals surface area contributed by atoms with E-state index in [0.29, 0.717) is 50.1 Å². The number of anilines is 1. The van der Waals surface area contributed by atoms with Crippen LogP contribution in [0.2, 0.25) is 0 Å². The highest BCUT2D eigenvalue weighted by Crippen LogP contribution is 2.34. The van der Waals surface area contributed by atoms with Gasteiger partial charge in [-0.15, -0.1) is 5.10 Å². The Morgan fingerprint density at radius 3 is 2.27 bits per heavy atom. The zero-order valence-corrected chi connectivity index (χ0v) is 27.6. The monoisotopic (exact) mass is 714 g/mol. The van der Waals surface area contributed by atoms with Crippen LogP contribution in [0.5, 0.6) is 0 Å². The number of piperidine rings is 1. The van der Waals surface area contributed by atoms with Crippen molar-refractivity contribution in [3.8, 4) is 11.3 Å². The molecular formula is C35H33BrF2N8O2. The Kier molecular flexibility index (Phi) is 8.88. The molecule has 13 heteroatoms. The molecule has 4 heterocycles. The summed E-state index contributed by atoms with van der Waals surface area (Å²) in [5, 5.41) is 9.40. The number of hydrogen-bond donors (Lipinski definition) is 1. The van der Waals surface area contributed by atoms with E-state index in [2.05, 4.69) is 60.4 Å². The van der Waals surface area contributed by atoms with E-state index in [9.17, 15) is 18.4 Å². The van der Waals surface area contributed by atoms with E-state index in [1.807, 2.05) is 17.2 Å². The molecule has 0 unspecified atom stereocenters. The Labute approximate surface area is 284 Å². The number of rotatable bonds is 6. The molecule has 5 aromatic rings. The first-order chi connectivity index (χ1) is 23.3. The van der Waals surface area contributed by atoms with Crippen LogP contribution in [0, 0.1) is 11.6 Å². The third kappa shape index (κ3) is 6.27. The quantitative estimate of drug-likeness (QED) is 0.181. The van der Waals surface area contributed by atoms with Gasteiger partial charge in [-0.1, -0.05) is 35.5 Å². The minimum Gasteiger partial charge on any atom is -0.396 e. The summed E-state index contributed by atoms with van der Waals surface area (Å²) in [7, 11) is 0. The Morgan fingerprint density at radius 1 is 0.875 bits per heavy atom. The number of benzene rings is 3. The molecule has 0 spiro atoms. The van der Waals surface area contributed by atoms with Crippen molar-refractivity contribution >= 4 is 44.3 Å². The van der Waals surface area contributed by atoms with Crippen molar-refractivity contribution in [3.63, 3.8) is 0 Å². The lowest BCUT2D eigenvalue weighted by Gasteiger charge is -2.35. The summed E-state index contributed by atoms with van der Waals surface area (Å²) in [6.45, 7) is 4.44. The molecular weight excluding hydrogens is 682 g/mol. The Hall–Kier alpha value is -4.75. The second-order valence-corrected chi connectivity index (χ2v) is 13.0. The number of para-hydroxylation sites is 1. The molecule has 2 saturated heterocycles. The van der Waals surface area contributed by atoms with Crippen molar-refractivity contribution in [3.05, 3.63) is 106 Å². The summed E-state index contributed by atoms with van der Waals surface area (Å²) >= 11 is 2.86. The van der Waals surface area contributed by atoms with Crippen LogP contribution in [-0.4, -0.2) is 85.8 Å². The predicted molar refractivity (Wildman–Crippen MR) is 181 cm³/mol. The number of hydrogen-bond acceptors (Lipinski definition) is 7. The van der Waals surface area contributed by atoms with E-state index in [-0.39, 0.29) is 39.3 Å². The Balaban J connectivity index is 0.943. The van der Waals surface area contributed by atoms with Crippen molar-refractivity contribution < 1.29 is 18.4 Å². The molecule has 0 saturated carbocycles. The number of nitrogens with zero attached hydrogens (tertiary/aromatic N) is 7. The van der Waals surface area contributed by atoms with Crippen LogP contribution in [0.3, 0.4) is 0 Å². The van der Waals surface area contributed by atoms with E-state index < -0.39 is 11.6 Å². The molecule has 10 nitrogen and oxygen atoms in total. The van der Waals surface area contributed by atoms with Crippen molar-refractivity contribution in [1.29, 1.82) is 0 Å². The van der Waals surface area contributed by atoms with Gasteiger partial charge in [-0.25, -0.2) is 13.5 Å². The third-order valence-electron chi connectivity index (χ3n) is 9.24. The first-order valence-electron chi connectivity index (χ1n) is 15.9. The normalized spacial score (nSPS) is 16.1. The molecule has 2 aromatic heterocycles. The maximum atomic E-state index is 14.3. The third-order valence-corrected chi connectivity index (χ3v) is 9.97. The number of aromatic nitrogens is 4. The molecule has 246 valence electrons. The number of amides is 2. The second kappa shape index (κ2) is 13.4. The lowest BCUT2D eigenvalue weighted by molar-refractivity contribution is 0.0628. The average molecular weight is 716 g/mol.